The Morgan fingerprint density at radius 2 is 2.00 bits per heavy atom. The molecular formula is C15H21N3OS. The van der Waals surface area contributed by atoms with E-state index < -0.39 is 0 Å². The van der Waals surface area contributed by atoms with Crippen molar-refractivity contribution in [2.24, 2.45) is 0 Å². The minimum atomic E-state index is -0.0583. The van der Waals surface area contributed by atoms with Gasteiger partial charge in [-0.15, -0.1) is 10.2 Å². The Hall–Kier alpha value is -1.33. The maximum atomic E-state index is 9.28. The van der Waals surface area contributed by atoms with Crippen LogP contribution in [0.1, 0.15) is 35.9 Å². The van der Waals surface area contributed by atoms with E-state index in [9.17, 15) is 5.11 Å². The molecule has 0 saturated heterocycles. The Balaban J connectivity index is 2.10. The molecule has 108 valence electrons. The molecule has 1 aromatic carbocycles. The SMILES string of the molecule is CCCn1c(CO)nnc1SCc1ccc(C)c(C)c1. The van der Waals surface area contributed by atoms with Crippen molar-refractivity contribution in [3.05, 3.63) is 40.7 Å². The Bertz CT molecular complexity index is 580. The van der Waals surface area contributed by atoms with E-state index in [1.165, 1.54) is 16.7 Å². The van der Waals surface area contributed by atoms with Crippen molar-refractivity contribution in [1.82, 2.24) is 14.8 Å². The molecule has 0 atom stereocenters. The van der Waals surface area contributed by atoms with Crippen molar-refractivity contribution in [2.75, 3.05) is 0 Å². The van der Waals surface area contributed by atoms with E-state index >= 15 is 0 Å². The molecule has 2 aromatic rings. The number of aryl methyl sites for hydroxylation is 2. The van der Waals surface area contributed by atoms with E-state index in [1.807, 2.05) is 4.57 Å². The van der Waals surface area contributed by atoms with Crippen LogP contribution in [0, 0.1) is 13.8 Å². The van der Waals surface area contributed by atoms with Gasteiger partial charge < -0.3 is 9.67 Å². The topological polar surface area (TPSA) is 50.9 Å². The fourth-order valence-corrected chi connectivity index (χ4v) is 2.96. The van der Waals surface area contributed by atoms with Gasteiger partial charge in [0.1, 0.15) is 6.61 Å². The highest BCUT2D eigenvalue weighted by Gasteiger charge is 2.11. The molecular weight excluding hydrogens is 270 g/mol. The van der Waals surface area contributed by atoms with Gasteiger partial charge in [0, 0.05) is 12.3 Å². The number of nitrogens with zero attached hydrogens (tertiary/aromatic N) is 3. The Morgan fingerprint density at radius 3 is 2.65 bits per heavy atom. The van der Waals surface area contributed by atoms with Crippen LogP contribution >= 0.6 is 11.8 Å². The molecule has 0 aliphatic rings. The van der Waals surface area contributed by atoms with Crippen molar-refractivity contribution in [3.8, 4) is 0 Å². The second kappa shape index (κ2) is 6.90. The van der Waals surface area contributed by atoms with Crippen molar-refractivity contribution in [2.45, 2.75) is 51.3 Å². The number of aromatic nitrogens is 3. The highest BCUT2D eigenvalue weighted by atomic mass is 32.2. The van der Waals surface area contributed by atoms with E-state index in [2.05, 4.69) is 49.2 Å². The summed E-state index contributed by atoms with van der Waals surface area (Å²) < 4.78 is 2.01. The van der Waals surface area contributed by atoms with Crippen molar-refractivity contribution >= 4 is 11.8 Å². The number of rotatable bonds is 6. The third kappa shape index (κ3) is 3.41. The highest BCUT2D eigenvalue weighted by Crippen LogP contribution is 2.23. The van der Waals surface area contributed by atoms with Gasteiger partial charge in [-0.2, -0.15) is 0 Å². The highest BCUT2D eigenvalue weighted by molar-refractivity contribution is 7.98. The molecule has 0 fully saturated rings. The maximum absolute atomic E-state index is 9.28. The maximum Gasteiger partial charge on any atom is 0.191 e. The van der Waals surface area contributed by atoms with Gasteiger partial charge in [0.2, 0.25) is 0 Å². The first kappa shape index (κ1) is 15.1. The van der Waals surface area contributed by atoms with Gasteiger partial charge in [-0.05, 0) is 37.0 Å². The van der Waals surface area contributed by atoms with E-state index in [-0.39, 0.29) is 6.61 Å². The first-order chi connectivity index (χ1) is 9.65. The van der Waals surface area contributed by atoms with E-state index in [4.69, 9.17) is 0 Å². The summed E-state index contributed by atoms with van der Waals surface area (Å²) >= 11 is 1.67. The molecule has 0 amide bonds. The smallest absolute Gasteiger partial charge is 0.191 e. The monoisotopic (exact) mass is 291 g/mol. The zero-order valence-electron chi connectivity index (χ0n) is 12.3. The van der Waals surface area contributed by atoms with Crippen molar-refractivity contribution < 1.29 is 5.11 Å². The molecule has 0 spiro atoms. The van der Waals surface area contributed by atoms with Gasteiger partial charge in [0.25, 0.3) is 0 Å². The molecule has 4 nitrogen and oxygen atoms in total. The van der Waals surface area contributed by atoms with Gasteiger partial charge >= 0.3 is 0 Å². The van der Waals surface area contributed by atoms with Crippen LogP contribution in [0.3, 0.4) is 0 Å². The summed E-state index contributed by atoms with van der Waals surface area (Å²) in [6.45, 7) is 7.15. The number of aliphatic hydroxyl groups is 1. The molecule has 1 heterocycles. The lowest BCUT2D eigenvalue weighted by Gasteiger charge is -2.08. The summed E-state index contributed by atoms with van der Waals surface area (Å²) in [5, 5.41) is 18.4. The lowest BCUT2D eigenvalue weighted by Crippen LogP contribution is -2.04. The van der Waals surface area contributed by atoms with Crippen LogP contribution in [0.25, 0.3) is 0 Å². The van der Waals surface area contributed by atoms with Gasteiger partial charge in [-0.3, -0.25) is 0 Å². The Morgan fingerprint density at radius 1 is 1.20 bits per heavy atom. The lowest BCUT2D eigenvalue weighted by molar-refractivity contribution is 0.263. The molecule has 0 aliphatic heterocycles. The Labute approximate surface area is 124 Å². The number of hydrogen-bond donors (Lipinski definition) is 1. The third-order valence-corrected chi connectivity index (χ3v) is 4.36. The number of thioether (sulfide) groups is 1. The molecule has 2 rings (SSSR count). The van der Waals surface area contributed by atoms with Crippen LogP contribution in [0.2, 0.25) is 0 Å². The summed E-state index contributed by atoms with van der Waals surface area (Å²) in [6.07, 6.45) is 1.00. The lowest BCUT2D eigenvalue weighted by atomic mass is 10.1. The largest absolute Gasteiger partial charge is 0.388 e. The molecule has 5 heteroatoms. The predicted molar refractivity (Wildman–Crippen MR) is 81.7 cm³/mol. The standard InChI is InChI=1S/C15H21N3OS/c1-4-7-18-14(9-19)16-17-15(18)20-10-13-6-5-11(2)12(3)8-13/h5-6,8,19H,4,7,9-10H2,1-3H3. The van der Waals surface area contributed by atoms with E-state index in [1.54, 1.807) is 11.8 Å². The molecule has 0 aliphatic carbocycles. The van der Waals surface area contributed by atoms with Gasteiger partial charge in [0.15, 0.2) is 11.0 Å². The summed E-state index contributed by atoms with van der Waals surface area (Å²) in [5.41, 5.74) is 3.92. The van der Waals surface area contributed by atoms with Crippen LogP contribution in [-0.2, 0) is 18.9 Å². The van der Waals surface area contributed by atoms with E-state index in [0.29, 0.717) is 5.82 Å². The Kier molecular flexibility index (Phi) is 5.20. The molecule has 0 unspecified atom stereocenters. The molecule has 1 N–H and O–H groups in total. The van der Waals surface area contributed by atoms with Crippen LogP contribution in [-0.4, -0.2) is 19.9 Å². The van der Waals surface area contributed by atoms with Crippen LogP contribution in [0.15, 0.2) is 23.4 Å². The first-order valence-corrected chi connectivity index (χ1v) is 7.86. The second-order valence-electron chi connectivity index (χ2n) is 4.92. The predicted octanol–water partition coefficient (Wildman–Crippen LogP) is 3.09. The molecule has 1 aromatic heterocycles. The average Bonchev–Trinajstić information content (AvgIpc) is 2.83. The molecule has 0 bridgehead atoms. The fourth-order valence-electron chi connectivity index (χ4n) is 2.03. The second-order valence-corrected chi connectivity index (χ2v) is 5.86. The van der Waals surface area contributed by atoms with Crippen LogP contribution in [0.4, 0.5) is 0 Å². The number of aliphatic hydroxyl groups excluding tert-OH is 1. The summed E-state index contributed by atoms with van der Waals surface area (Å²) in [6, 6.07) is 6.53. The van der Waals surface area contributed by atoms with Crippen molar-refractivity contribution in [3.63, 3.8) is 0 Å². The van der Waals surface area contributed by atoms with Gasteiger partial charge in [0.05, 0.1) is 0 Å². The summed E-state index contributed by atoms with van der Waals surface area (Å²) in [4.78, 5) is 0. The van der Waals surface area contributed by atoms with Crippen LogP contribution < -0.4 is 0 Å². The normalized spacial score (nSPS) is 11.0. The van der Waals surface area contributed by atoms with E-state index in [0.717, 1.165) is 23.9 Å². The van der Waals surface area contributed by atoms with Crippen molar-refractivity contribution in [1.29, 1.82) is 0 Å². The van der Waals surface area contributed by atoms with Gasteiger partial charge in [-0.25, -0.2) is 0 Å². The van der Waals surface area contributed by atoms with Crippen LogP contribution in [0.5, 0.6) is 0 Å². The minimum absolute atomic E-state index is 0.0583. The summed E-state index contributed by atoms with van der Waals surface area (Å²) in [7, 11) is 0. The molecule has 0 radical (unpaired) electrons. The summed E-state index contributed by atoms with van der Waals surface area (Å²) in [5.74, 6) is 1.52. The molecule has 20 heavy (non-hydrogen) atoms. The third-order valence-electron chi connectivity index (χ3n) is 3.32. The number of hydrogen-bond acceptors (Lipinski definition) is 4. The zero-order chi connectivity index (χ0) is 14.5. The molecule has 0 saturated carbocycles. The minimum Gasteiger partial charge on any atom is -0.388 e. The average molecular weight is 291 g/mol. The quantitative estimate of drug-likeness (QED) is 0.831. The number of benzene rings is 1. The first-order valence-electron chi connectivity index (χ1n) is 6.87. The van der Waals surface area contributed by atoms with Gasteiger partial charge in [-0.1, -0.05) is 36.9 Å². The zero-order valence-corrected chi connectivity index (χ0v) is 13.1. The fraction of sp³-hybridized carbons (Fsp3) is 0.467.